The van der Waals surface area contributed by atoms with Crippen LogP contribution in [0.3, 0.4) is 0 Å². The number of carbonyl (C=O) groups is 3. The van der Waals surface area contributed by atoms with Crippen LogP contribution in [0.1, 0.15) is 49.4 Å². The number of amides is 1. The molecule has 3 aliphatic heterocycles. The number of ether oxygens (including phenoxy) is 1. The van der Waals surface area contributed by atoms with Gasteiger partial charge in [-0.05, 0) is 51.3 Å². The number of carboxylic acid groups (broad SMARTS) is 1. The van der Waals surface area contributed by atoms with E-state index in [4.69, 9.17) is 9.73 Å². The van der Waals surface area contributed by atoms with E-state index in [1.807, 2.05) is 0 Å². The fraction of sp³-hybridized carbons (Fsp3) is 0.500. The van der Waals surface area contributed by atoms with E-state index in [1.165, 1.54) is 47.1 Å². The number of halogens is 3. The van der Waals surface area contributed by atoms with Crippen LogP contribution in [0, 0.1) is 24.1 Å². The van der Waals surface area contributed by atoms with Crippen LogP contribution in [0.5, 0.6) is 0 Å². The van der Waals surface area contributed by atoms with Gasteiger partial charge in [0.2, 0.25) is 5.91 Å². The zero-order valence-corrected chi connectivity index (χ0v) is 25.6. The van der Waals surface area contributed by atoms with Crippen LogP contribution in [0.25, 0.3) is 0 Å². The minimum atomic E-state index is -3.09. The molecule has 2 N–H and O–H groups in total. The third-order valence-electron chi connectivity index (χ3n) is 8.59. The Morgan fingerprint density at radius 2 is 2.02 bits per heavy atom. The lowest BCUT2D eigenvalue weighted by atomic mass is 9.86. The highest BCUT2D eigenvalue weighted by atomic mass is 32.1. The summed E-state index contributed by atoms with van der Waals surface area (Å²) in [6, 6.07) is 2.64. The number of likely N-dealkylation sites (tertiary alicyclic amines) is 2. The average molecular weight is 634 g/mol. The maximum Gasteiger partial charge on any atom is 0.338 e. The van der Waals surface area contributed by atoms with Crippen molar-refractivity contribution in [2.75, 3.05) is 32.8 Å². The number of carbonyl (C=O) groups excluding carboxylic acids is 2. The Morgan fingerprint density at radius 1 is 1.27 bits per heavy atom. The molecular weight excluding hydrogens is 599 g/mol. The van der Waals surface area contributed by atoms with Crippen molar-refractivity contribution in [3.63, 3.8) is 0 Å². The summed E-state index contributed by atoms with van der Waals surface area (Å²) in [5, 5.41) is 15.0. The number of alkyl halides is 2. The second-order valence-electron chi connectivity index (χ2n) is 11.7. The number of benzene rings is 1. The third-order valence-corrected chi connectivity index (χ3v) is 9.37. The number of aliphatic carboxylic acids is 1. The van der Waals surface area contributed by atoms with Gasteiger partial charge in [-0.25, -0.2) is 22.9 Å². The van der Waals surface area contributed by atoms with Crippen molar-refractivity contribution in [2.45, 2.75) is 52.1 Å². The lowest BCUT2D eigenvalue weighted by Gasteiger charge is -2.41. The van der Waals surface area contributed by atoms with Crippen molar-refractivity contribution in [1.29, 1.82) is 0 Å². The molecule has 0 unspecified atom stereocenters. The minimum absolute atomic E-state index is 0.0102. The highest BCUT2D eigenvalue weighted by Gasteiger charge is 2.57. The number of amidine groups is 1. The summed E-state index contributed by atoms with van der Waals surface area (Å²) in [6.07, 6.45) is 1.57. The van der Waals surface area contributed by atoms with Gasteiger partial charge in [0.05, 0.1) is 18.7 Å². The number of hydrogen-bond donors (Lipinski definition) is 2. The van der Waals surface area contributed by atoms with E-state index in [0.717, 1.165) is 0 Å². The molecular formula is C30H34F3N5O5S. The van der Waals surface area contributed by atoms with Crippen molar-refractivity contribution in [3.05, 3.63) is 63.0 Å². The summed E-state index contributed by atoms with van der Waals surface area (Å²) in [5.41, 5.74) is -0.723. The van der Waals surface area contributed by atoms with E-state index in [9.17, 15) is 23.9 Å². The molecule has 236 valence electrons. The predicted octanol–water partition coefficient (Wildman–Crippen LogP) is 3.78. The Morgan fingerprint density at radius 3 is 2.68 bits per heavy atom. The molecule has 2 fully saturated rings. The van der Waals surface area contributed by atoms with Crippen molar-refractivity contribution >= 4 is 35.0 Å². The van der Waals surface area contributed by atoms with Crippen LogP contribution in [0.4, 0.5) is 13.2 Å². The zero-order chi connectivity index (χ0) is 32.0. The second-order valence-corrected chi connectivity index (χ2v) is 12.6. The lowest BCUT2D eigenvalue weighted by molar-refractivity contribution is -0.160. The van der Waals surface area contributed by atoms with Crippen LogP contribution in [-0.4, -0.2) is 88.3 Å². The van der Waals surface area contributed by atoms with Crippen molar-refractivity contribution in [3.8, 4) is 0 Å². The number of fused-ring (bicyclic) bond motifs is 1. The van der Waals surface area contributed by atoms with Crippen LogP contribution in [0.2, 0.25) is 0 Å². The summed E-state index contributed by atoms with van der Waals surface area (Å²) in [6.45, 7) is 4.95. The molecule has 0 saturated carbocycles. The second kappa shape index (κ2) is 12.0. The van der Waals surface area contributed by atoms with E-state index >= 15 is 8.78 Å². The Balaban J connectivity index is 1.56. The van der Waals surface area contributed by atoms with E-state index < -0.39 is 59.5 Å². The van der Waals surface area contributed by atoms with Gasteiger partial charge in [-0.3, -0.25) is 19.5 Å². The maximum atomic E-state index is 15.4. The number of aromatic nitrogens is 1. The molecule has 0 bridgehead atoms. The van der Waals surface area contributed by atoms with Gasteiger partial charge in [0.25, 0.3) is 5.92 Å². The largest absolute Gasteiger partial charge is 0.480 e. The Kier molecular flexibility index (Phi) is 8.60. The summed E-state index contributed by atoms with van der Waals surface area (Å²) in [4.78, 5) is 50.3. The van der Waals surface area contributed by atoms with E-state index in [0.29, 0.717) is 16.4 Å². The molecule has 0 radical (unpaired) electrons. The molecule has 3 aliphatic rings. The first-order valence-electron chi connectivity index (χ1n) is 14.3. The van der Waals surface area contributed by atoms with Gasteiger partial charge in [0, 0.05) is 48.9 Å². The Hall–Kier alpha value is -3.78. The number of piperidine rings is 1. The van der Waals surface area contributed by atoms with Gasteiger partial charge >= 0.3 is 11.9 Å². The molecule has 3 atom stereocenters. The highest BCUT2D eigenvalue weighted by Crippen LogP contribution is 2.44. The highest BCUT2D eigenvalue weighted by molar-refractivity contribution is 7.11. The van der Waals surface area contributed by atoms with Crippen LogP contribution in [0.15, 0.2) is 46.0 Å². The van der Waals surface area contributed by atoms with Crippen molar-refractivity contribution < 1.29 is 37.4 Å². The zero-order valence-electron chi connectivity index (χ0n) is 24.8. The normalized spacial score (nSPS) is 23.6. The Labute approximate surface area is 256 Å². The van der Waals surface area contributed by atoms with Gasteiger partial charge in [-0.15, -0.1) is 11.3 Å². The summed E-state index contributed by atoms with van der Waals surface area (Å²) < 4.78 is 51.0. The van der Waals surface area contributed by atoms with Crippen LogP contribution in [-0.2, 0) is 19.1 Å². The van der Waals surface area contributed by atoms with Gasteiger partial charge in [-0.1, -0.05) is 12.1 Å². The van der Waals surface area contributed by atoms with Gasteiger partial charge < -0.3 is 20.1 Å². The number of aliphatic imine (C=N–C) groups is 1. The smallest absolute Gasteiger partial charge is 0.338 e. The summed E-state index contributed by atoms with van der Waals surface area (Å²) >= 11 is 1.28. The molecule has 0 spiro atoms. The summed E-state index contributed by atoms with van der Waals surface area (Å²) in [7, 11) is 0. The molecule has 4 heterocycles. The SMILES string of the molecule is CCOC(=O)C1=C(CN2CC(F)(F)[C@@H]3CCN(C(=O)C(C)(C)C(=O)O)C[C@@H]32)NC(c2nccs2)=N[C@H]1c1cccc(F)c1C. The number of carboxylic acids is 1. The first kappa shape index (κ1) is 31.6. The molecule has 1 amide bonds. The fourth-order valence-corrected chi connectivity index (χ4v) is 6.70. The molecule has 0 aliphatic carbocycles. The monoisotopic (exact) mass is 633 g/mol. The fourth-order valence-electron chi connectivity index (χ4n) is 6.11. The first-order valence-corrected chi connectivity index (χ1v) is 15.2. The molecule has 2 saturated heterocycles. The number of nitrogens with one attached hydrogen (secondary N) is 1. The molecule has 5 rings (SSSR count). The molecule has 10 nitrogen and oxygen atoms in total. The molecule has 2 aromatic rings. The number of rotatable bonds is 8. The van der Waals surface area contributed by atoms with Crippen molar-refractivity contribution in [2.24, 2.45) is 16.3 Å². The molecule has 14 heteroatoms. The number of nitrogens with zero attached hydrogens (tertiary/aromatic N) is 4. The van der Waals surface area contributed by atoms with Gasteiger partial charge in [-0.2, -0.15) is 0 Å². The number of esters is 1. The Bertz CT molecular complexity index is 1530. The third kappa shape index (κ3) is 5.72. The topological polar surface area (TPSA) is 124 Å². The average Bonchev–Trinajstić information content (AvgIpc) is 3.60. The predicted molar refractivity (Wildman–Crippen MR) is 156 cm³/mol. The first-order chi connectivity index (χ1) is 20.8. The standard InChI is InChI=1S/C30H34F3N5O5S/c1-5-43-26(39)22-20(35-24(25-34-10-12-44-25)36-23(22)17-7-6-8-19(31)16(17)2)13-38-15-30(32,33)18-9-11-37(14-21(18)38)27(40)29(3,4)28(41)42/h6-8,10,12,18,21,23H,5,9,11,13-15H2,1-4H3,(H,35,36)(H,41,42)/t18-,21+,23+/m1/s1. The van der Waals surface area contributed by atoms with Crippen molar-refractivity contribution in [1.82, 2.24) is 20.1 Å². The van der Waals surface area contributed by atoms with E-state index in [2.05, 4.69) is 10.3 Å². The number of hydrogen-bond acceptors (Lipinski definition) is 9. The lowest BCUT2D eigenvalue weighted by Crippen LogP contribution is -2.55. The van der Waals surface area contributed by atoms with E-state index in [-0.39, 0.29) is 49.5 Å². The quantitative estimate of drug-likeness (QED) is 0.333. The number of thiazole rings is 1. The molecule has 44 heavy (non-hydrogen) atoms. The minimum Gasteiger partial charge on any atom is -0.480 e. The van der Waals surface area contributed by atoms with Crippen LogP contribution < -0.4 is 5.32 Å². The van der Waals surface area contributed by atoms with E-state index in [1.54, 1.807) is 31.5 Å². The van der Waals surface area contributed by atoms with Crippen LogP contribution >= 0.6 is 11.3 Å². The molecule has 1 aromatic carbocycles. The van der Waals surface area contributed by atoms with Gasteiger partial charge in [0.15, 0.2) is 10.8 Å². The molecule has 1 aromatic heterocycles. The van der Waals surface area contributed by atoms with Gasteiger partial charge in [0.1, 0.15) is 17.3 Å². The maximum absolute atomic E-state index is 15.4. The summed E-state index contributed by atoms with van der Waals surface area (Å²) in [5.74, 6) is -7.05.